The van der Waals surface area contributed by atoms with Gasteiger partial charge in [0.2, 0.25) is 0 Å². The molecule has 0 bridgehead atoms. The average molecular weight is 151 g/mol. The zero-order valence-corrected chi connectivity index (χ0v) is 7.22. The number of hydrogen-bond donors (Lipinski definition) is 1. The lowest BCUT2D eigenvalue weighted by molar-refractivity contribution is 0.237. The second kappa shape index (κ2) is 3.78. The maximum absolute atomic E-state index is 5.85. The highest BCUT2D eigenvalue weighted by atomic mass is 14.6. The van der Waals surface area contributed by atoms with E-state index in [2.05, 4.69) is 12.8 Å². The standard InChI is InChI=1S/C10H17N/c1-3-4-9-7-10(11)6-5-8(9)2/h1,8-10H,4-7,11H2,2H3. The van der Waals surface area contributed by atoms with Crippen LogP contribution in [-0.4, -0.2) is 6.04 Å². The normalized spacial score (nSPS) is 38.1. The molecule has 0 aromatic heterocycles. The smallest absolute Gasteiger partial charge is 0.0117 e. The number of terminal acetylenes is 1. The van der Waals surface area contributed by atoms with Crippen LogP contribution in [0.3, 0.4) is 0 Å². The fourth-order valence-corrected chi connectivity index (χ4v) is 1.89. The summed E-state index contributed by atoms with van der Waals surface area (Å²) < 4.78 is 0. The van der Waals surface area contributed by atoms with Gasteiger partial charge in [0.15, 0.2) is 0 Å². The first-order valence-corrected chi connectivity index (χ1v) is 4.43. The van der Waals surface area contributed by atoms with Gasteiger partial charge in [0, 0.05) is 12.5 Å². The largest absolute Gasteiger partial charge is 0.328 e. The summed E-state index contributed by atoms with van der Waals surface area (Å²) in [6.07, 6.45) is 9.76. The summed E-state index contributed by atoms with van der Waals surface area (Å²) in [6, 6.07) is 0.407. The Bertz CT molecular complexity index is 157. The Balaban J connectivity index is 2.42. The van der Waals surface area contributed by atoms with E-state index in [1.54, 1.807) is 0 Å². The van der Waals surface area contributed by atoms with Gasteiger partial charge in [-0.2, -0.15) is 0 Å². The first kappa shape index (κ1) is 8.62. The van der Waals surface area contributed by atoms with Crippen molar-refractivity contribution in [2.24, 2.45) is 17.6 Å². The van der Waals surface area contributed by atoms with Crippen LogP contribution in [0.25, 0.3) is 0 Å². The summed E-state index contributed by atoms with van der Waals surface area (Å²) in [5, 5.41) is 0. The second-order valence-corrected chi connectivity index (χ2v) is 3.72. The molecule has 2 N–H and O–H groups in total. The maximum Gasteiger partial charge on any atom is 0.0117 e. The van der Waals surface area contributed by atoms with Crippen molar-refractivity contribution in [1.82, 2.24) is 0 Å². The van der Waals surface area contributed by atoms with E-state index in [-0.39, 0.29) is 0 Å². The molecule has 1 heteroatoms. The van der Waals surface area contributed by atoms with Crippen LogP contribution in [0.4, 0.5) is 0 Å². The summed E-state index contributed by atoms with van der Waals surface area (Å²) in [6.45, 7) is 2.29. The predicted octanol–water partition coefficient (Wildman–Crippen LogP) is 1.77. The Hall–Kier alpha value is -0.480. The summed E-state index contributed by atoms with van der Waals surface area (Å²) in [4.78, 5) is 0. The van der Waals surface area contributed by atoms with Crippen LogP contribution >= 0.6 is 0 Å². The van der Waals surface area contributed by atoms with Crippen molar-refractivity contribution in [2.75, 3.05) is 0 Å². The van der Waals surface area contributed by atoms with Crippen LogP contribution in [0.5, 0.6) is 0 Å². The zero-order chi connectivity index (χ0) is 8.27. The van der Waals surface area contributed by atoms with E-state index in [0.717, 1.165) is 18.8 Å². The molecule has 3 unspecified atom stereocenters. The fraction of sp³-hybridized carbons (Fsp3) is 0.800. The van der Waals surface area contributed by atoms with Crippen LogP contribution in [-0.2, 0) is 0 Å². The van der Waals surface area contributed by atoms with Crippen molar-refractivity contribution in [3.8, 4) is 12.3 Å². The highest BCUT2D eigenvalue weighted by molar-refractivity contribution is 4.91. The van der Waals surface area contributed by atoms with Crippen molar-refractivity contribution < 1.29 is 0 Å². The average Bonchev–Trinajstić information content (AvgIpc) is 1.98. The van der Waals surface area contributed by atoms with Gasteiger partial charge >= 0.3 is 0 Å². The van der Waals surface area contributed by atoms with E-state index in [0.29, 0.717) is 12.0 Å². The zero-order valence-electron chi connectivity index (χ0n) is 7.22. The van der Waals surface area contributed by atoms with Crippen LogP contribution in [0.1, 0.15) is 32.6 Å². The lowest BCUT2D eigenvalue weighted by Gasteiger charge is -2.31. The molecular formula is C10H17N. The topological polar surface area (TPSA) is 26.0 Å². The monoisotopic (exact) mass is 151 g/mol. The SMILES string of the molecule is C#CCC1CC(N)CCC1C. The van der Waals surface area contributed by atoms with E-state index in [1.807, 2.05) is 0 Å². The molecular weight excluding hydrogens is 134 g/mol. The van der Waals surface area contributed by atoms with Crippen LogP contribution < -0.4 is 5.73 Å². The number of rotatable bonds is 1. The van der Waals surface area contributed by atoms with E-state index < -0.39 is 0 Å². The van der Waals surface area contributed by atoms with Crippen molar-refractivity contribution >= 4 is 0 Å². The minimum absolute atomic E-state index is 0.407. The number of nitrogens with two attached hydrogens (primary N) is 1. The molecule has 0 saturated heterocycles. The molecule has 1 rings (SSSR count). The summed E-state index contributed by atoms with van der Waals surface area (Å²) >= 11 is 0. The summed E-state index contributed by atoms with van der Waals surface area (Å²) in [7, 11) is 0. The van der Waals surface area contributed by atoms with Gasteiger partial charge in [0.1, 0.15) is 0 Å². The van der Waals surface area contributed by atoms with E-state index in [9.17, 15) is 0 Å². The van der Waals surface area contributed by atoms with Crippen LogP contribution in [0.15, 0.2) is 0 Å². The highest BCUT2D eigenvalue weighted by Gasteiger charge is 2.24. The Morgan fingerprint density at radius 1 is 1.55 bits per heavy atom. The second-order valence-electron chi connectivity index (χ2n) is 3.72. The minimum Gasteiger partial charge on any atom is -0.328 e. The van der Waals surface area contributed by atoms with Crippen molar-refractivity contribution in [3.63, 3.8) is 0 Å². The molecule has 0 amide bonds. The van der Waals surface area contributed by atoms with E-state index >= 15 is 0 Å². The number of hydrogen-bond acceptors (Lipinski definition) is 1. The third-order valence-electron chi connectivity index (χ3n) is 2.78. The van der Waals surface area contributed by atoms with Gasteiger partial charge < -0.3 is 5.73 Å². The summed E-state index contributed by atoms with van der Waals surface area (Å²) in [5.74, 6) is 4.20. The Kier molecular flexibility index (Phi) is 2.96. The van der Waals surface area contributed by atoms with Gasteiger partial charge in [-0.25, -0.2) is 0 Å². The highest BCUT2D eigenvalue weighted by Crippen LogP contribution is 2.30. The third-order valence-corrected chi connectivity index (χ3v) is 2.78. The molecule has 1 fully saturated rings. The molecule has 1 saturated carbocycles. The molecule has 1 aliphatic carbocycles. The molecule has 0 heterocycles. The third kappa shape index (κ3) is 2.24. The van der Waals surface area contributed by atoms with Gasteiger partial charge in [0.25, 0.3) is 0 Å². The van der Waals surface area contributed by atoms with Gasteiger partial charge in [-0.15, -0.1) is 12.3 Å². The van der Waals surface area contributed by atoms with Gasteiger partial charge in [-0.05, 0) is 31.1 Å². The molecule has 0 spiro atoms. The molecule has 1 aliphatic rings. The quantitative estimate of drug-likeness (QED) is 0.568. The maximum atomic E-state index is 5.85. The molecule has 11 heavy (non-hydrogen) atoms. The Morgan fingerprint density at radius 2 is 2.27 bits per heavy atom. The van der Waals surface area contributed by atoms with Crippen molar-refractivity contribution in [2.45, 2.75) is 38.6 Å². The Labute approximate surface area is 69.4 Å². The van der Waals surface area contributed by atoms with Gasteiger partial charge in [0.05, 0.1) is 0 Å². The molecule has 0 aliphatic heterocycles. The van der Waals surface area contributed by atoms with Crippen LogP contribution in [0, 0.1) is 24.2 Å². The first-order valence-electron chi connectivity index (χ1n) is 4.43. The molecule has 62 valence electrons. The predicted molar refractivity (Wildman–Crippen MR) is 47.9 cm³/mol. The molecule has 0 aromatic carbocycles. The van der Waals surface area contributed by atoms with E-state index in [1.165, 1.54) is 12.8 Å². The summed E-state index contributed by atoms with van der Waals surface area (Å²) in [5.41, 5.74) is 5.85. The minimum atomic E-state index is 0.407. The molecule has 0 radical (unpaired) electrons. The van der Waals surface area contributed by atoms with Gasteiger partial charge in [-0.1, -0.05) is 6.92 Å². The van der Waals surface area contributed by atoms with Crippen molar-refractivity contribution in [1.29, 1.82) is 0 Å². The lowest BCUT2D eigenvalue weighted by atomic mass is 9.77. The molecule has 1 nitrogen and oxygen atoms in total. The molecule has 3 atom stereocenters. The van der Waals surface area contributed by atoms with E-state index in [4.69, 9.17) is 12.2 Å². The molecule has 0 aromatic rings. The first-order chi connectivity index (χ1) is 5.24. The van der Waals surface area contributed by atoms with Gasteiger partial charge in [-0.3, -0.25) is 0 Å². The lowest BCUT2D eigenvalue weighted by Crippen LogP contribution is -2.32. The van der Waals surface area contributed by atoms with Crippen molar-refractivity contribution in [3.05, 3.63) is 0 Å². The fourth-order valence-electron chi connectivity index (χ4n) is 1.89. The van der Waals surface area contributed by atoms with Crippen LogP contribution in [0.2, 0.25) is 0 Å². The Morgan fingerprint density at radius 3 is 2.91 bits per heavy atom.